The summed E-state index contributed by atoms with van der Waals surface area (Å²) in [6, 6.07) is 7.06. The van der Waals surface area contributed by atoms with Gasteiger partial charge in [0.2, 0.25) is 0 Å². The highest BCUT2D eigenvalue weighted by Crippen LogP contribution is 2.66. The van der Waals surface area contributed by atoms with E-state index in [0.29, 0.717) is 11.5 Å². The zero-order valence-corrected chi connectivity index (χ0v) is 12.7. The number of rotatable bonds is 1. The molecule has 108 valence electrons. The van der Waals surface area contributed by atoms with E-state index in [1.807, 2.05) is 12.5 Å². The van der Waals surface area contributed by atoms with Gasteiger partial charge in [-0.15, -0.1) is 0 Å². The molecule has 2 aromatic rings. The van der Waals surface area contributed by atoms with E-state index in [1.165, 1.54) is 42.6 Å². The molecule has 0 radical (unpaired) electrons. The molecule has 6 aliphatic rings. The summed E-state index contributed by atoms with van der Waals surface area (Å²) in [5.41, 5.74) is 3.41. The van der Waals surface area contributed by atoms with Gasteiger partial charge in [-0.2, -0.15) is 0 Å². The van der Waals surface area contributed by atoms with Crippen molar-refractivity contribution in [2.24, 2.45) is 7.05 Å². The van der Waals surface area contributed by atoms with E-state index in [1.54, 1.807) is 0 Å². The maximum atomic E-state index is 5.65. The molecule has 1 atom stereocenters. The Morgan fingerprint density at radius 3 is 2.67 bits per heavy atom. The monoisotopic (exact) mass is 281 g/mol. The lowest BCUT2D eigenvalue weighted by atomic mass is 9.48. The average Bonchev–Trinajstić information content (AvgIpc) is 3.02. The van der Waals surface area contributed by atoms with Gasteiger partial charge < -0.3 is 4.42 Å². The Hall–Kier alpha value is -1.77. The quantitative estimate of drug-likeness (QED) is 0.749. The summed E-state index contributed by atoms with van der Waals surface area (Å²) >= 11 is 0. The first-order valence-corrected chi connectivity index (χ1v) is 8.00. The summed E-state index contributed by atoms with van der Waals surface area (Å²) < 4.78 is 7.91. The van der Waals surface area contributed by atoms with Crippen LogP contribution in [0.2, 0.25) is 0 Å². The van der Waals surface area contributed by atoms with Crippen LogP contribution in [0.4, 0.5) is 5.82 Å². The van der Waals surface area contributed by atoms with Crippen LogP contribution >= 0.6 is 0 Å². The minimum Gasteiger partial charge on any atom is -0.472 e. The Morgan fingerprint density at radius 1 is 1.14 bits per heavy atom. The lowest BCUT2D eigenvalue weighted by Crippen LogP contribution is -2.72. The molecule has 8 rings (SSSR count). The van der Waals surface area contributed by atoms with E-state index in [0.717, 1.165) is 0 Å². The number of hydrogen-bond acceptors (Lipinski definition) is 2. The van der Waals surface area contributed by atoms with Crippen molar-refractivity contribution in [3.63, 3.8) is 0 Å². The summed E-state index contributed by atoms with van der Waals surface area (Å²) in [7, 11) is 2.16. The highest BCUT2D eigenvalue weighted by molar-refractivity contribution is 5.58. The van der Waals surface area contributed by atoms with Gasteiger partial charge in [0.05, 0.1) is 25.8 Å². The fourth-order valence-electron chi connectivity index (χ4n) is 5.50. The Balaban J connectivity index is 1.80. The standard InChI is InChI=1S/C18H21N2O/c1-13-17-6-8-18(9-7-17,15-12-21-11-14(15)17)20(13)16-5-3-4-10-19(16)2/h3-5,10-13H,6-9H2,1-2H3/q+1. The van der Waals surface area contributed by atoms with E-state index in [2.05, 4.69) is 47.8 Å². The first-order valence-electron chi connectivity index (χ1n) is 8.00. The lowest BCUT2D eigenvalue weighted by molar-refractivity contribution is -0.659. The second kappa shape index (κ2) is 3.52. The lowest BCUT2D eigenvalue weighted by Gasteiger charge is -2.64. The molecule has 0 N–H and O–H groups in total. The van der Waals surface area contributed by atoms with Crippen molar-refractivity contribution in [3.05, 3.63) is 48.0 Å². The van der Waals surface area contributed by atoms with Crippen molar-refractivity contribution in [1.82, 2.24) is 0 Å². The van der Waals surface area contributed by atoms with Gasteiger partial charge in [-0.05, 0) is 38.7 Å². The molecule has 2 aromatic heterocycles. The van der Waals surface area contributed by atoms with E-state index in [4.69, 9.17) is 4.42 Å². The number of hydrogen-bond donors (Lipinski definition) is 0. The van der Waals surface area contributed by atoms with Gasteiger partial charge >= 0.3 is 0 Å². The molecule has 1 saturated carbocycles. The summed E-state index contributed by atoms with van der Waals surface area (Å²) in [5.74, 6) is 1.33. The first kappa shape index (κ1) is 11.8. The molecule has 5 heterocycles. The van der Waals surface area contributed by atoms with Crippen LogP contribution in [0.25, 0.3) is 0 Å². The summed E-state index contributed by atoms with van der Waals surface area (Å²) in [6.45, 7) is 2.41. The topological polar surface area (TPSA) is 20.3 Å². The predicted molar refractivity (Wildman–Crippen MR) is 80.1 cm³/mol. The molecule has 0 spiro atoms. The molecular weight excluding hydrogens is 260 g/mol. The molecule has 3 heteroatoms. The van der Waals surface area contributed by atoms with E-state index in [9.17, 15) is 0 Å². The second-order valence-electron chi connectivity index (χ2n) is 7.10. The van der Waals surface area contributed by atoms with Crippen LogP contribution < -0.4 is 9.47 Å². The zero-order chi connectivity index (χ0) is 14.2. The smallest absolute Gasteiger partial charge is 0.277 e. The largest absolute Gasteiger partial charge is 0.472 e. The predicted octanol–water partition coefficient (Wildman–Crippen LogP) is 3.03. The Morgan fingerprint density at radius 2 is 1.90 bits per heavy atom. The van der Waals surface area contributed by atoms with Crippen LogP contribution in [0.5, 0.6) is 0 Å². The Kier molecular flexibility index (Phi) is 1.98. The van der Waals surface area contributed by atoms with Crippen molar-refractivity contribution in [2.75, 3.05) is 4.90 Å². The average molecular weight is 281 g/mol. The molecule has 3 aliphatic carbocycles. The molecule has 0 aromatic carbocycles. The normalized spacial score (nSPS) is 36.1. The minimum absolute atomic E-state index is 0.154. The SMILES string of the molecule is CC1N(c2cccc[n+]2C)C23CCC1(CC2)c1cocc13. The van der Waals surface area contributed by atoms with Crippen molar-refractivity contribution in [2.45, 2.75) is 49.6 Å². The fourth-order valence-corrected chi connectivity index (χ4v) is 5.50. The Bertz CT molecular complexity index is 724. The number of aryl methyl sites for hydroxylation is 1. The summed E-state index contributed by atoms with van der Waals surface area (Å²) in [4.78, 5) is 2.69. The van der Waals surface area contributed by atoms with Crippen molar-refractivity contribution in [3.8, 4) is 0 Å². The molecule has 21 heavy (non-hydrogen) atoms. The molecule has 3 aliphatic heterocycles. The Labute approximate surface area is 125 Å². The van der Waals surface area contributed by atoms with Gasteiger partial charge in [-0.1, -0.05) is 6.07 Å². The van der Waals surface area contributed by atoms with E-state index < -0.39 is 0 Å². The second-order valence-corrected chi connectivity index (χ2v) is 7.10. The number of aromatic nitrogens is 1. The number of anilines is 1. The van der Waals surface area contributed by atoms with Gasteiger partial charge in [0, 0.05) is 22.6 Å². The maximum Gasteiger partial charge on any atom is 0.277 e. The molecule has 2 bridgehead atoms. The van der Waals surface area contributed by atoms with Crippen LogP contribution in [0, 0.1) is 0 Å². The molecule has 0 amide bonds. The van der Waals surface area contributed by atoms with Gasteiger partial charge in [-0.3, -0.25) is 0 Å². The fraction of sp³-hybridized carbons (Fsp3) is 0.500. The number of pyridine rings is 1. The minimum atomic E-state index is 0.154. The molecular formula is C18H21N2O+. The highest BCUT2D eigenvalue weighted by atomic mass is 16.3. The summed E-state index contributed by atoms with van der Waals surface area (Å²) in [6.07, 6.45) is 11.4. The number of furan rings is 1. The van der Waals surface area contributed by atoms with Crippen molar-refractivity contribution < 1.29 is 8.98 Å². The van der Waals surface area contributed by atoms with E-state index >= 15 is 0 Å². The van der Waals surface area contributed by atoms with Gasteiger partial charge in [0.15, 0.2) is 0 Å². The van der Waals surface area contributed by atoms with Crippen LogP contribution in [-0.2, 0) is 18.0 Å². The number of piperidine rings is 2. The van der Waals surface area contributed by atoms with Crippen LogP contribution in [-0.4, -0.2) is 6.04 Å². The molecule has 1 unspecified atom stereocenters. The highest BCUT2D eigenvalue weighted by Gasteiger charge is 2.69. The van der Waals surface area contributed by atoms with Crippen molar-refractivity contribution >= 4 is 5.82 Å². The van der Waals surface area contributed by atoms with Crippen LogP contribution in [0.1, 0.15) is 43.7 Å². The molecule has 3 fully saturated rings. The summed E-state index contributed by atoms with van der Waals surface area (Å²) in [5, 5.41) is 0. The first-order chi connectivity index (χ1) is 10.2. The van der Waals surface area contributed by atoms with Gasteiger partial charge in [-0.25, -0.2) is 9.47 Å². The third kappa shape index (κ3) is 1.13. The molecule has 3 nitrogen and oxygen atoms in total. The zero-order valence-electron chi connectivity index (χ0n) is 12.7. The van der Waals surface area contributed by atoms with Crippen LogP contribution in [0.15, 0.2) is 41.3 Å². The third-order valence-electron chi connectivity index (χ3n) is 6.59. The number of nitrogens with zero attached hydrogens (tertiary/aromatic N) is 2. The maximum absolute atomic E-state index is 5.65. The van der Waals surface area contributed by atoms with Crippen LogP contribution in [0.3, 0.4) is 0 Å². The molecule has 2 saturated heterocycles. The van der Waals surface area contributed by atoms with Gasteiger partial charge in [0.25, 0.3) is 5.82 Å². The van der Waals surface area contributed by atoms with Gasteiger partial charge in [0.1, 0.15) is 11.6 Å². The van der Waals surface area contributed by atoms with Crippen molar-refractivity contribution in [1.29, 1.82) is 0 Å². The van der Waals surface area contributed by atoms with E-state index in [-0.39, 0.29) is 5.54 Å². The third-order valence-corrected chi connectivity index (χ3v) is 6.59.